The third kappa shape index (κ3) is 3.98. The fraction of sp³-hybridized carbons (Fsp3) is 0.0909. The Balaban J connectivity index is 1.82. The van der Waals surface area contributed by atoms with Crippen LogP contribution < -0.4 is 5.32 Å². The summed E-state index contributed by atoms with van der Waals surface area (Å²) in [6.07, 6.45) is 0.688. The van der Waals surface area contributed by atoms with Crippen LogP contribution >= 0.6 is 0 Å². The molecule has 0 saturated heterocycles. The average Bonchev–Trinajstić information content (AvgIpc) is 2.68. The summed E-state index contributed by atoms with van der Waals surface area (Å²) in [4.78, 5) is 24.4. The van der Waals surface area contributed by atoms with E-state index >= 15 is 0 Å². The second-order valence-corrected chi connectivity index (χ2v) is 5.89. The van der Waals surface area contributed by atoms with Gasteiger partial charge in [0, 0.05) is 6.54 Å². The molecule has 1 amide bonds. The number of carbonyl (C=O) groups excluding carboxylic acids is 1. The van der Waals surface area contributed by atoms with Crippen LogP contribution in [0.25, 0.3) is 11.1 Å². The molecule has 3 rings (SSSR count). The average molecular weight is 345 g/mol. The van der Waals surface area contributed by atoms with Crippen molar-refractivity contribution in [2.45, 2.75) is 6.42 Å². The van der Waals surface area contributed by atoms with Crippen LogP contribution in [0.2, 0.25) is 0 Å². The number of carboxylic acids is 1. The van der Waals surface area contributed by atoms with E-state index in [-0.39, 0.29) is 17.0 Å². The maximum atomic E-state index is 12.6. The minimum Gasteiger partial charge on any atom is -0.478 e. The normalized spacial score (nSPS) is 10.3. The predicted molar refractivity (Wildman–Crippen MR) is 101 cm³/mol. The van der Waals surface area contributed by atoms with Gasteiger partial charge in [0.25, 0.3) is 5.91 Å². The Bertz CT molecular complexity index is 905. The van der Waals surface area contributed by atoms with Crippen molar-refractivity contribution in [3.8, 4) is 11.1 Å². The molecule has 3 aromatic rings. The summed E-state index contributed by atoms with van der Waals surface area (Å²) < 4.78 is 0. The summed E-state index contributed by atoms with van der Waals surface area (Å²) in [5.74, 6) is -1.49. The SMILES string of the molecule is O=C(NCCc1ccccc1)c1cccc(-c2ccccc2)c1C(=O)O. The number of amides is 1. The monoisotopic (exact) mass is 345 g/mol. The van der Waals surface area contributed by atoms with Crippen LogP contribution in [0.5, 0.6) is 0 Å². The third-order valence-electron chi connectivity index (χ3n) is 4.15. The summed E-state index contributed by atoms with van der Waals surface area (Å²) >= 11 is 0. The van der Waals surface area contributed by atoms with Crippen LogP contribution in [0.1, 0.15) is 26.3 Å². The van der Waals surface area contributed by atoms with Gasteiger partial charge in [-0.05, 0) is 29.2 Å². The van der Waals surface area contributed by atoms with E-state index in [0.717, 1.165) is 11.1 Å². The van der Waals surface area contributed by atoms with E-state index in [4.69, 9.17) is 0 Å². The highest BCUT2D eigenvalue weighted by Crippen LogP contribution is 2.26. The van der Waals surface area contributed by atoms with E-state index in [2.05, 4.69) is 5.32 Å². The number of hydrogen-bond acceptors (Lipinski definition) is 2. The summed E-state index contributed by atoms with van der Waals surface area (Å²) in [5.41, 5.74) is 2.62. The van der Waals surface area contributed by atoms with Gasteiger partial charge >= 0.3 is 5.97 Å². The molecule has 0 spiro atoms. The van der Waals surface area contributed by atoms with Crippen molar-refractivity contribution in [1.29, 1.82) is 0 Å². The van der Waals surface area contributed by atoms with E-state index in [1.807, 2.05) is 60.7 Å². The molecule has 0 fully saturated rings. The Morgan fingerprint density at radius 1 is 0.808 bits per heavy atom. The molecule has 0 aliphatic heterocycles. The van der Waals surface area contributed by atoms with Crippen molar-refractivity contribution in [1.82, 2.24) is 5.32 Å². The highest BCUT2D eigenvalue weighted by molar-refractivity contribution is 6.08. The van der Waals surface area contributed by atoms with Crippen LogP contribution in [0.3, 0.4) is 0 Å². The Morgan fingerprint density at radius 2 is 1.46 bits per heavy atom. The Hall–Kier alpha value is -3.40. The number of hydrogen-bond donors (Lipinski definition) is 2. The lowest BCUT2D eigenvalue weighted by Gasteiger charge is -2.12. The zero-order chi connectivity index (χ0) is 18.4. The number of nitrogens with one attached hydrogen (secondary N) is 1. The fourth-order valence-electron chi connectivity index (χ4n) is 2.89. The molecular formula is C22H19NO3. The van der Waals surface area contributed by atoms with Gasteiger partial charge < -0.3 is 10.4 Å². The molecule has 0 atom stereocenters. The lowest BCUT2D eigenvalue weighted by Crippen LogP contribution is -2.27. The molecule has 0 aliphatic rings. The number of carboxylic acid groups (broad SMARTS) is 1. The van der Waals surface area contributed by atoms with Gasteiger partial charge in [0.05, 0.1) is 11.1 Å². The summed E-state index contributed by atoms with van der Waals surface area (Å²) in [6, 6.07) is 24.0. The van der Waals surface area contributed by atoms with Gasteiger partial charge in [0.2, 0.25) is 0 Å². The van der Waals surface area contributed by atoms with Gasteiger partial charge in [-0.1, -0.05) is 72.8 Å². The van der Waals surface area contributed by atoms with Crippen LogP contribution in [0, 0.1) is 0 Å². The predicted octanol–water partition coefficient (Wildman–Crippen LogP) is 4.02. The quantitative estimate of drug-likeness (QED) is 0.709. The summed E-state index contributed by atoms with van der Waals surface area (Å²) in [6.45, 7) is 0.442. The van der Waals surface area contributed by atoms with E-state index in [1.165, 1.54) is 0 Å². The van der Waals surface area contributed by atoms with E-state index in [0.29, 0.717) is 18.5 Å². The molecule has 0 unspecified atom stereocenters. The van der Waals surface area contributed by atoms with Crippen molar-refractivity contribution in [2.24, 2.45) is 0 Å². The number of benzene rings is 3. The van der Waals surface area contributed by atoms with Gasteiger partial charge in [0.15, 0.2) is 0 Å². The lowest BCUT2D eigenvalue weighted by molar-refractivity contribution is 0.0692. The molecule has 0 saturated carbocycles. The number of aromatic carboxylic acids is 1. The van der Waals surface area contributed by atoms with Crippen molar-refractivity contribution >= 4 is 11.9 Å². The highest BCUT2D eigenvalue weighted by atomic mass is 16.4. The molecule has 130 valence electrons. The van der Waals surface area contributed by atoms with E-state index < -0.39 is 5.97 Å². The van der Waals surface area contributed by atoms with Gasteiger partial charge in [-0.15, -0.1) is 0 Å². The van der Waals surface area contributed by atoms with Crippen LogP contribution in [0.4, 0.5) is 0 Å². The largest absolute Gasteiger partial charge is 0.478 e. The maximum Gasteiger partial charge on any atom is 0.337 e. The zero-order valence-corrected chi connectivity index (χ0v) is 14.2. The van der Waals surface area contributed by atoms with Crippen LogP contribution in [-0.4, -0.2) is 23.5 Å². The molecule has 26 heavy (non-hydrogen) atoms. The first-order valence-electron chi connectivity index (χ1n) is 8.40. The molecular weight excluding hydrogens is 326 g/mol. The van der Waals surface area contributed by atoms with Crippen molar-refractivity contribution in [3.05, 3.63) is 95.6 Å². The third-order valence-corrected chi connectivity index (χ3v) is 4.15. The lowest BCUT2D eigenvalue weighted by atomic mass is 9.95. The van der Waals surface area contributed by atoms with E-state index in [1.54, 1.807) is 18.2 Å². The Labute approximate surface area is 152 Å². The second kappa shape index (κ2) is 8.12. The molecule has 0 aromatic heterocycles. The fourth-order valence-corrected chi connectivity index (χ4v) is 2.89. The van der Waals surface area contributed by atoms with Gasteiger partial charge in [0.1, 0.15) is 0 Å². The number of carbonyl (C=O) groups is 2. The first-order valence-corrected chi connectivity index (χ1v) is 8.40. The summed E-state index contributed by atoms with van der Waals surface area (Å²) in [5, 5.41) is 12.5. The first kappa shape index (κ1) is 17.4. The molecule has 2 N–H and O–H groups in total. The first-order chi connectivity index (χ1) is 12.7. The Morgan fingerprint density at radius 3 is 2.12 bits per heavy atom. The minimum absolute atomic E-state index is 0.0240. The molecule has 0 aliphatic carbocycles. The highest BCUT2D eigenvalue weighted by Gasteiger charge is 2.20. The smallest absolute Gasteiger partial charge is 0.337 e. The van der Waals surface area contributed by atoms with Gasteiger partial charge in [-0.3, -0.25) is 4.79 Å². The van der Waals surface area contributed by atoms with Crippen LogP contribution in [-0.2, 0) is 6.42 Å². The molecule has 4 heteroatoms. The molecule has 3 aromatic carbocycles. The van der Waals surface area contributed by atoms with E-state index in [9.17, 15) is 14.7 Å². The standard InChI is InChI=1S/C22H19NO3/c24-21(23-15-14-16-8-3-1-4-9-16)19-13-7-12-18(20(19)22(25)26)17-10-5-2-6-11-17/h1-13H,14-15H2,(H,23,24)(H,25,26). The molecule has 0 radical (unpaired) electrons. The molecule has 4 nitrogen and oxygen atoms in total. The molecule has 0 heterocycles. The Kier molecular flexibility index (Phi) is 5.44. The zero-order valence-electron chi connectivity index (χ0n) is 14.2. The van der Waals surface area contributed by atoms with Gasteiger partial charge in [-0.2, -0.15) is 0 Å². The van der Waals surface area contributed by atoms with Crippen LogP contribution in [0.15, 0.2) is 78.9 Å². The number of rotatable bonds is 6. The maximum absolute atomic E-state index is 12.6. The topological polar surface area (TPSA) is 66.4 Å². The van der Waals surface area contributed by atoms with Crippen molar-refractivity contribution in [3.63, 3.8) is 0 Å². The van der Waals surface area contributed by atoms with Gasteiger partial charge in [-0.25, -0.2) is 4.79 Å². The molecule has 0 bridgehead atoms. The van der Waals surface area contributed by atoms with Crippen molar-refractivity contribution in [2.75, 3.05) is 6.54 Å². The second-order valence-electron chi connectivity index (χ2n) is 5.89. The minimum atomic E-state index is -1.11. The van der Waals surface area contributed by atoms with Crippen molar-refractivity contribution < 1.29 is 14.7 Å². The summed E-state index contributed by atoms with van der Waals surface area (Å²) in [7, 11) is 0.